The molecule has 0 aromatic rings. The number of nitriles is 1. The van der Waals surface area contributed by atoms with Crippen molar-refractivity contribution in [2.24, 2.45) is 0 Å². The topological polar surface area (TPSA) is 23.8 Å². The smallest absolute Gasteiger partial charge is 0.0663 e. The molecule has 1 nitrogen and oxygen atoms in total. The normalized spacial score (nSPS) is 10.9. The highest BCUT2D eigenvalue weighted by Gasteiger charge is 1.86. The van der Waals surface area contributed by atoms with Crippen LogP contribution >= 0.6 is 0 Å². The molecule has 0 unspecified atom stereocenters. The molecular formula is C14H21N. The van der Waals surface area contributed by atoms with Gasteiger partial charge in [0.1, 0.15) is 0 Å². The highest BCUT2D eigenvalue weighted by atomic mass is 14.2. The van der Waals surface area contributed by atoms with Crippen LogP contribution in [0.15, 0.2) is 37.0 Å². The maximum Gasteiger partial charge on any atom is 0.0663 e. The molecular weight excluding hydrogens is 182 g/mol. The van der Waals surface area contributed by atoms with Gasteiger partial charge in [-0.3, -0.25) is 0 Å². The van der Waals surface area contributed by atoms with Crippen molar-refractivity contribution in [3.05, 3.63) is 37.0 Å². The Labute approximate surface area is 93.8 Å². The lowest BCUT2D eigenvalue weighted by molar-refractivity contribution is 0.652. The fourth-order valence-electron chi connectivity index (χ4n) is 1.32. The van der Waals surface area contributed by atoms with Gasteiger partial charge in [-0.2, -0.15) is 5.26 Å². The molecule has 0 rings (SSSR count). The largest absolute Gasteiger partial charge is 0.198 e. The molecule has 0 atom stereocenters. The Morgan fingerprint density at radius 3 is 2.20 bits per heavy atom. The maximum atomic E-state index is 8.30. The molecule has 82 valence electrons. The van der Waals surface area contributed by atoms with Crippen LogP contribution in [0.25, 0.3) is 0 Å². The van der Waals surface area contributed by atoms with Crippen LogP contribution in [0.5, 0.6) is 0 Å². The Morgan fingerprint density at radius 2 is 1.60 bits per heavy atom. The first kappa shape index (κ1) is 13.7. The minimum Gasteiger partial charge on any atom is -0.198 e. The Kier molecular flexibility index (Phi) is 11.6. The number of unbranched alkanes of at least 4 members (excludes halogenated alkanes) is 5. The molecule has 0 saturated carbocycles. The molecule has 0 aliphatic heterocycles. The van der Waals surface area contributed by atoms with Crippen LogP contribution in [0, 0.1) is 11.3 Å². The molecule has 0 bridgehead atoms. The van der Waals surface area contributed by atoms with Crippen molar-refractivity contribution in [1.82, 2.24) is 0 Å². The summed E-state index contributed by atoms with van der Waals surface area (Å²) in [4.78, 5) is 0. The molecule has 0 aliphatic rings. The van der Waals surface area contributed by atoms with E-state index in [-0.39, 0.29) is 0 Å². The van der Waals surface area contributed by atoms with Crippen LogP contribution in [-0.2, 0) is 0 Å². The summed E-state index contributed by atoms with van der Waals surface area (Å²) in [5.41, 5.74) is 0. The predicted molar refractivity (Wildman–Crippen MR) is 66.4 cm³/mol. The van der Waals surface area contributed by atoms with E-state index in [1.807, 2.05) is 18.2 Å². The zero-order valence-corrected chi connectivity index (χ0v) is 9.49. The van der Waals surface area contributed by atoms with Crippen molar-refractivity contribution in [2.45, 2.75) is 44.9 Å². The number of allylic oxidation sites excluding steroid dienone is 5. The average molecular weight is 203 g/mol. The van der Waals surface area contributed by atoms with Crippen molar-refractivity contribution in [3.8, 4) is 6.07 Å². The van der Waals surface area contributed by atoms with Crippen molar-refractivity contribution < 1.29 is 0 Å². The molecule has 0 radical (unpaired) electrons. The van der Waals surface area contributed by atoms with E-state index in [1.165, 1.54) is 25.7 Å². The lowest BCUT2D eigenvalue weighted by atomic mass is 10.1. The zero-order chi connectivity index (χ0) is 11.2. The highest BCUT2D eigenvalue weighted by Crippen LogP contribution is 2.06. The molecule has 0 aromatic carbocycles. The number of rotatable bonds is 9. The molecule has 0 aliphatic carbocycles. The first-order valence-electron chi connectivity index (χ1n) is 5.71. The Hall–Kier alpha value is -1.29. The van der Waals surface area contributed by atoms with Crippen LogP contribution in [-0.4, -0.2) is 0 Å². The fraction of sp³-hybridized carbons (Fsp3) is 0.500. The van der Waals surface area contributed by atoms with Crippen molar-refractivity contribution >= 4 is 0 Å². The number of hydrogen-bond acceptors (Lipinski definition) is 1. The molecule has 0 N–H and O–H groups in total. The van der Waals surface area contributed by atoms with Gasteiger partial charge in [0.25, 0.3) is 0 Å². The molecule has 0 fully saturated rings. The lowest BCUT2D eigenvalue weighted by Gasteiger charge is -1.96. The van der Waals surface area contributed by atoms with E-state index >= 15 is 0 Å². The van der Waals surface area contributed by atoms with Gasteiger partial charge in [0, 0.05) is 0 Å². The second-order valence-corrected chi connectivity index (χ2v) is 3.49. The predicted octanol–water partition coefficient (Wildman–Crippen LogP) is 4.54. The van der Waals surface area contributed by atoms with Gasteiger partial charge < -0.3 is 0 Å². The van der Waals surface area contributed by atoms with Gasteiger partial charge in [0.2, 0.25) is 0 Å². The van der Waals surface area contributed by atoms with E-state index in [4.69, 9.17) is 5.26 Å². The summed E-state index contributed by atoms with van der Waals surface area (Å²) in [7, 11) is 0. The second-order valence-electron chi connectivity index (χ2n) is 3.49. The van der Waals surface area contributed by atoms with E-state index < -0.39 is 0 Å². The Bertz CT molecular complexity index is 230. The molecule has 0 saturated heterocycles. The summed E-state index contributed by atoms with van der Waals surface area (Å²) in [5, 5.41) is 8.30. The summed E-state index contributed by atoms with van der Waals surface area (Å²) in [6.45, 7) is 3.63. The molecule has 0 aromatic heterocycles. The van der Waals surface area contributed by atoms with Gasteiger partial charge >= 0.3 is 0 Å². The third kappa shape index (κ3) is 12.7. The summed E-state index contributed by atoms with van der Waals surface area (Å²) in [6.07, 6.45) is 18.0. The van der Waals surface area contributed by atoms with E-state index in [0.29, 0.717) is 6.42 Å². The third-order valence-corrected chi connectivity index (χ3v) is 2.14. The Balaban J connectivity index is 3.08. The summed E-state index contributed by atoms with van der Waals surface area (Å²) < 4.78 is 0. The summed E-state index contributed by atoms with van der Waals surface area (Å²) in [6, 6.07) is 2.10. The van der Waals surface area contributed by atoms with Crippen LogP contribution in [0.3, 0.4) is 0 Å². The molecule has 15 heavy (non-hydrogen) atoms. The standard InChI is InChI=1S/C14H21N/c1-2-3-4-5-6-7-8-9-10-11-12-13-14-15/h2-4,11-12H,1,5-10,13H2/b4-3+,12-11+. The van der Waals surface area contributed by atoms with Crippen molar-refractivity contribution in [2.75, 3.05) is 0 Å². The maximum absolute atomic E-state index is 8.30. The third-order valence-electron chi connectivity index (χ3n) is 2.14. The molecule has 1 heteroatoms. The minimum absolute atomic E-state index is 0.548. The van der Waals surface area contributed by atoms with Crippen LogP contribution in [0.1, 0.15) is 44.9 Å². The van der Waals surface area contributed by atoms with Gasteiger partial charge in [0.15, 0.2) is 0 Å². The van der Waals surface area contributed by atoms with Crippen LogP contribution < -0.4 is 0 Å². The molecule has 0 amide bonds. The first-order chi connectivity index (χ1) is 7.41. The van der Waals surface area contributed by atoms with E-state index in [9.17, 15) is 0 Å². The summed E-state index contributed by atoms with van der Waals surface area (Å²) in [5.74, 6) is 0. The lowest BCUT2D eigenvalue weighted by Crippen LogP contribution is -1.76. The van der Waals surface area contributed by atoms with E-state index in [1.54, 1.807) is 0 Å². The van der Waals surface area contributed by atoms with Gasteiger partial charge in [-0.1, -0.05) is 49.8 Å². The number of nitrogens with zero attached hydrogens (tertiary/aromatic N) is 1. The van der Waals surface area contributed by atoms with Gasteiger partial charge in [-0.15, -0.1) is 0 Å². The first-order valence-corrected chi connectivity index (χ1v) is 5.71. The zero-order valence-electron chi connectivity index (χ0n) is 9.49. The molecule has 0 spiro atoms. The monoisotopic (exact) mass is 203 g/mol. The average Bonchev–Trinajstić information content (AvgIpc) is 2.26. The van der Waals surface area contributed by atoms with E-state index in [0.717, 1.165) is 12.8 Å². The van der Waals surface area contributed by atoms with Crippen LogP contribution in [0.4, 0.5) is 0 Å². The summed E-state index contributed by atoms with van der Waals surface area (Å²) >= 11 is 0. The van der Waals surface area contributed by atoms with Crippen molar-refractivity contribution in [1.29, 1.82) is 5.26 Å². The van der Waals surface area contributed by atoms with E-state index in [2.05, 4.69) is 24.8 Å². The molecule has 0 heterocycles. The highest BCUT2D eigenvalue weighted by molar-refractivity contribution is 4.96. The number of hydrogen-bond donors (Lipinski definition) is 0. The minimum atomic E-state index is 0.548. The van der Waals surface area contributed by atoms with Gasteiger partial charge in [0.05, 0.1) is 12.5 Å². The SMILES string of the molecule is C=C/C=C/CCCCCC/C=C/CC#N. The second kappa shape index (κ2) is 12.7. The van der Waals surface area contributed by atoms with Gasteiger partial charge in [-0.05, 0) is 25.7 Å². The van der Waals surface area contributed by atoms with Gasteiger partial charge in [-0.25, -0.2) is 0 Å². The fourth-order valence-corrected chi connectivity index (χ4v) is 1.32. The Morgan fingerprint density at radius 1 is 0.933 bits per heavy atom. The quantitative estimate of drug-likeness (QED) is 0.306. The van der Waals surface area contributed by atoms with Crippen LogP contribution in [0.2, 0.25) is 0 Å². The van der Waals surface area contributed by atoms with Crippen molar-refractivity contribution in [3.63, 3.8) is 0 Å².